The second-order valence-electron chi connectivity index (χ2n) is 7.74. The fraction of sp³-hybridized carbons (Fsp3) is 0.435. The van der Waals surface area contributed by atoms with Gasteiger partial charge in [-0.15, -0.1) is 0 Å². The number of hydrogen-bond donors (Lipinski definition) is 1. The Morgan fingerprint density at radius 3 is 2.75 bits per heavy atom. The lowest BCUT2D eigenvalue weighted by molar-refractivity contribution is -0.127. The molecule has 150 valence electrons. The molecule has 1 fully saturated rings. The molecular weight excluding hydrogens is 391 g/mol. The Morgan fingerprint density at radius 2 is 2.00 bits per heavy atom. The van der Waals surface area contributed by atoms with E-state index >= 15 is 0 Å². The molecule has 0 unspecified atom stereocenters. The standard InChI is InChI=1S/C23H28Cl2N2O/c1-17(9-10-18-6-3-2-4-7-18)26-23(28)20-8-5-13-27(16-20)15-19-11-12-21(24)14-22(19)25/h2-4,6-7,11-12,14,17,20H,5,8-10,13,15-16H2,1H3,(H,26,28)/t17-,20-/m0/s1. The molecule has 1 heterocycles. The van der Waals surface area contributed by atoms with Crippen LogP contribution in [0.25, 0.3) is 0 Å². The van der Waals surface area contributed by atoms with Gasteiger partial charge in [0.1, 0.15) is 0 Å². The molecule has 1 aliphatic rings. The fourth-order valence-electron chi connectivity index (χ4n) is 3.76. The summed E-state index contributed by atoms with van der Waals surface area (Å²) >= 11 is 12.3. The third-order valence-corrected chi connectivity index (χ3v) is 5.97. The molecule has 3 nitrogen and oxygen atoms in total. The molecule has 3 rings (SSSR count). The van der Waals surface area contributed by atoms with Crippen molar-refractivity contribution in [1.82, 2.24) is 10.2 Å². The van der Waals surface area contributed by atoms with Crippen LogP contribution in [0.4, 0.5) is 0 Å². The summed E-state index contributed by atoms with van der Waals surface area (Å²) < 4.78 is 0. The molecule has 0 radical (unpaired) electrons. The number of carbonyl (C=O) groups excluding carboxylic acids is 1. The highest BCUT2D eigenvalue weighted by molar-refractivity contribution is 6.35. The highest BCUT2D eigenvalue weighted by atomic mass is 35.5. The van der Waals surface area contributed by atoms with Gasteiger partial charge in [-0.25, -0.2) is 0 Å². The third kappa shape index (κ3) is 6.23. The average Bonchev–Trinajstić information content (AvgIpc) is 2.69. The van der Waals surface area contributed by atoms with E-state index in [2.05, 4.69) is 41.4 Å². The van der Waals surface area contributed by atoms with Gasteiger partial charge in [0.2, 0.25) is 5.91 Å². The summed E-state index contributed by atoms with van der Waals surface area (Å²) in [7, 11) is 0. The van der Waals surface area contributed by atoms with Crippen LogP contribution < -0.4 is 5.32 Å². The van der Waals surface area contributed by atoms with Crippen LogP contribution in [0.1, 0.15) is 37.3 Å². The van der Waals surface area contributed by atoms with Gasteiger partial charge in [0.15, 0.2) is 0 Å². The summed E-state index contributed by atoms with van der Waals surface area (Å²) in [4.78, 5) is 15.1. The number of rotatable bonds is 7. The zero-order chi connectivity index (χ0) is 19.9. The van der Waals surface area contributed by atoms with Crippen molar-refractivity contribution < 1.29 is 4.79 Å². The molecule has 1 amide bonds. The normalized spacial score (nSPS) is 18.6. The third-order valence-electron chi connectivity index (χ3n) is 5.38. The topological polar surface area (TPSA) is 32.3 Å². The number of halogens is 2. The molecule has 0 aromatic heterocycles. The molecule has 2 aromatic rings. The van der Waals surface area contributed by atoms with Crippen molar-refractivity contribution >= 4 is 29.1 Å². The summed E-state index contributed by atoms with van der Waals surface area (Å²) in [5.74, 6) is 0.214. The van der Waals surface area contributed by atoms with E-state index in [0.29, 0.717) is 10.0 Å². The fourth-order valence-corrected chi connectivity index (χ4v) is 4.23. The van der Waals surface area contributed by atoms with Crippen molar-refractivity contribution in [2.24, 2.45) is 5.92 Å². The predicted molar refractivity (Wildman–Crippen MR) is 117 cm³/mol. The lowest BCUT2D eigenvalue weighted by Crippen LogP contribution is -2.45. The second kappa shape index (κ2) is 10.3. The number of aryl methyl sites for hydroxylation is 1. The monoisotopic (exact) mass is 418 g/mol. The highest BCUT2D eigenvalue weighted by Gasteiger charge is 2.26. The van der Waals surface area contributed by atoms with Gasteiger partial charge in [0, 0.05) is 29.2 Å². The zero-order valence-electron chi connectivity index (χ0n) is 16.3. The second-order valence-corrected chi connectivity index (χ2v) is 8.59. The van der Waals surface area contributed by atoms with Crippen molar-refractivity contribution in [3.05, 3.63) is 69.7 Å². The minimum Gasteiger partial charge on any atom is -0.353 e. The first-order valence-corrected chi connectivity index (χ1v) is 10.8. The average molecular weight is 419 g/mol. The molecule has 1 aliphatic heterocycles. The first-order valence-electron chi connectivity index (χ1n) is 10.0. The maximum absolute atomic E-state index is 12.7. The quantitative estimate of drug-likeness (QED) is 0.657. The minimum atomic E-state index is 0.0407. The Hall–Kier alpha value is -1.55. The molecule has 2 aromatic carbocycles. The Morgan fingerprint density at radius 1 is 1.21 bits per heavy atom. The number of piperidine rings is 1. The van der Waals surface area contributed by atoms with Crippen molar-refractivity contribution in [2.75, 3.05) is 13.1 Å². The van der Waals surface area contributed by atoms with Crippen LogP contribution in [0, 0.1) is 5.92 Å². The Bertz CT molecular complexity index is 781. The minimum absolute atomic E-state index is 0.0407. The van der Waals surface area contributed by atoms with E-state index in [9.17, 15) is 4.79 Å². The Balaban J connectivity index is 1.48. The van der Waals surface area contributed by atoms with Gasteiger partial charge in [-0.05, 0) is 62.4 Å². The molecule has 0 saturated carbocycles. The number of nitrogens with one attached hydrogen (secondary N) is 1. The maximum Gasteiger partial charge on any atom is 0.224 e. The Kier molecular flexibility index (Phi) is 7.78. The van der Waals surface area contributed by atoms with Gasteiger partial charge in [-0.1, -0.05) is 59.6 Å². The van der Waals surface area contributed by atoms with Crippen LogP contribution in [0.15, 0.2) is 48.5 Å². The number of amides is 1. The number of benzene rings is 2. The number of hydrogen-bond acceptors (Lipinski definition) is 2. The van der Waals surface area contributed by atoms with Crippen LogP contribution in [0.2, 0.25) is 10.0 Å². The smallest absolute Gasteiger partial charge is 0.224 e. The SMILES string of the molecule is C[C@@H](CCc1ccccc1)NC(=O)[C@H]1CCCN(Cc2ccc(Cl)cc2Cl)C1. The van der Waals surface area contributed by atoms with Crippen LogP contribution in [-0.2, 0) is 17.8 Å². The van der Waals surface area contributed by atoms with E-state index in [0.717, 1.165) is 50.9 Å². The summed E-state index contributed by atoms with van der Waals surface area (Å²) in [5.41, 5.74) is 2.37. The largest absolute Gasteiger partial charge is 0.353 e. The van der Waals surface area contributed by atoms with Crippen molar-refractivity contribution in [2.45, 2.75) is 45.2 Å². The molecule has 1 saturated heterocycles. The van der Waals surface area contributed by atoms with Crippen molar-refractivity contribution in [3.63, 3.8) is 0 Å². The van der Waals surface area contributed by atoms with E-state index < -0.39 is 0 Å². The van der Waals surface area contributed by atoms with Crippen LogP contribution >= 0.6 is 23.2 Å². The number of carbonyl (C=O) groups is 1. The maximum atomic E-state index is 12.7. The van der Waals surface area contributed by atoms with Crippen molar-refractivity contribution in [1.29, 1.82) is 0 Å². The summed E-state index contributed by atoms with van der Waals surface area (Å²) in [6.45, 7) is 4.61. The molecule has 0 spiro atoms. The summed E-state index contributed by atoms with van der Waals surface area (Å²) in [5, 5.41) is 4.55. The van der Waals surface area contributed by atoms with Gasteiger partial charge in [0.05, 0.1) is 5.92 Å². The zero-order valence-corrected chi connectivity index (χ0v) is 17.8. The number of likely N-dealkylation sites (tertiary alicyclic amines) is 1. The Labute approximate surface area is 178 Å². The van der Waals surface area contributed by atoms with Crippen LogP contribution in [0.5, 0.6) is 0 Å². The van der Waals surface area contributed by atoms with Gasteiger partial charge in [0.25, 0.3) is 0 Å². The van der Waals surface area contributed by atoms with Gasteiger partial charge in [-0.3, -0.25) is 9.69 Å². The first kappa shape index (κ1) is 21.2. The molecule has 28 heavy (non-hydrogen) atoms. The van der Waals surface area contributed by atoms with Gasteiger partial charge < -0.3 is 5.32 Å². The summed E-state index contributed by atoms with van der Waals surface area (Å²) in [6, 6.07) is 16.2. The molecule has 0 bridgehead atoms. The molecule has 0 aliphatic carbocycles. The van der Waals surface area contributed by atoms with Crippen LogP contribution in [-0.4, -0.2) is 29.9 Å². The van der Waals surface area contributed by atoms with E-state index in [1.54, 1.807) is 6.07 Å². The predicted octanol–water partition coefficient (Wildman–Crippen LogP) is 5.34. The molecule has 2 atom stereocenters. The summed E-state index contributed by atoms with van der Waals surface area (Å²) in [6.07, 6.45) is 3.91. The molecule has 5 heteroatoms. The van der Waals surface area contributed by atoms with Gasteiger partial charge >= 0.3 is 0 Å². The molecule has 1 N–H and O–H groups in total. The first-order chi connectivity index (χ1) is 13.5. The van der Waals surface area contributed by atoms with E-state index in [1.807, 2.05) is 18.2 Å². The van der Waals surface area contributed by atoms with E-state index in [1.165, 1.54) is 5.56 Å². The van der Waals surface area contributed by atoms with Crippen molar-refractivity contribution in [3.8, 4) is 0 Å². The van der Waals surface area contributed by atoms with E-state index in [-0.39, 0.29) is 17.9 Å². The van der Waals surface area contributed by atoms with Gasteiger partial charge in [-0.2, -0.15) is 0 Å². The lowest BCUT2D eigenvalue weighted by Gasteiger charge is -2.32. The highest BCUT2D eigenvalue weighted by Crippen LogP contribution is 2.25. The van der Waals surface area contributed by atoms with E-state index in [4.69, 9.17) is 23.2 Å². The molecular formula is C23H28Cl2N2O. The van der Waals surface area contributed by atoms with Crippen LogP contribution in [0.3, 0.4) is 0 Å². The number of nitrogens with zero attached hydrogens (tertiary/aromatic N) is 1. The lowest BCUT2D eigenvalue weighted by atomic mass is 9.96.